The molecule has 5 nitrogen and oxygen atoms in total. The van der Waals surface area contributed by atoms with Crippen LogP contribution in [0.5, 0.6) is 0 Å². The van der Waals surface area contributed by atoms with E-state index in [1.165, 1.54) is 5.56 Å². The van der Waals surface area contributed by atoms with E-state index in [4.69, 9.17) is 4.42 Å². The molecular formula is C24H23N3O2. The lowest BCUT2D eigenvalue weighted by molar-refractivity contribution is 0.0652. The molecule has 146 valence electrons. The molecule has 0 aliphatic carbocycles. The number of aryl methyl sites for hydroxylation is 1. The molecule has 1 atom stereocenters. The predicted octanol–water partition coefficient (Wildman–Crippen LogP) is 4.89. The van der Waals surface area contributed by atoms with Crippen molar-refractivity contribution in [2.45, 2.75) is 32.4 Å². The van der Waals surface area contributed by atoms with Crippen molar-refractivity contribution in [3.63, 3.8) is 0 Å². The molecule has 0 unspecified atom stereocenters. The number of furan rings is 1. The molecule has 0 saturated heterocycles. The molecule has 0 fully saturated rings. The fourth-order valence-corrected chi connectivity index (χ4v) is 3.44. The van der Waals surface area contributed by atoms with Gasteiger partial charge in [0, 0.05) is 24.0 Å². The van der Waals surface area contributed by atoms with Crippen LogP contribution >= 0.6 is 0 Å². The van der Waals surface area contributed by atoms with Crippen LogP contribution in [0.4, 0.5) is 0 Å². The third-order valence-corrected chi connectivity index (χ3v) is 5.11. The molecule has 5 heteroatoms. The van der Waals surface area contributed by atoms with Gasteiger partial charge >= 0.3 is 0 Å². The number of nitrogens with zero attached hydrogens (tertiary/aromatic N) is 3. The van der Waals surface area contributed by atoms with Crippen LogP contribution in [0.25, 0.3) is 11.0 Å². The van der Waals surface area contributed by atoms with Crippen molar-refractivity contribution in [3.8, 4) is 0 Å². The predicted molar refractivity (Wildman–Crippen MR) is 112 cm³/mol. The Balaban J connectivity index is 1.57. The molecule has 2 aromatic heterocycles. The SMILES string of the molecule is C[C@@H](CCc1ccccc1)N(Cc1ccco1)C(=O)c1ccc2nccnc2c1. The molecule has 2 heterocycles. The Labute approximate surface area is 170 Å². The molecule has 0 N–H and O–H groups in total. The van der Waals surface area contributed by atoms with Gasteiger partial charge in [0.1, 0.15) is 5.76 Å². The largest absolute Gasteiger partial charge is 0.467 e. The number of aromatic nitrogens is 2. The number of amides is 1. The molecule has 0 bridgehead atoms. The van der Waals surface area contributed by atoms with Crippen LogP contribution in [0.2, 0.25) is 0 Å². The van der Waals surface area contributed by atoms with Gasteiger partial charge in [-0.05, 0) is 55.7 Å². The van der Waals surface area contributed by atoms with Crippen molar-refractivity contribution < 1.29 is 9.21 Å². The van der Waals surface area contributed by atoms with Gasteiger partial charge in [0.2, 0.25) is 0 Å². The van der Waals surface area contributed by atoms with Crippen LogP contribution < -0.4 is 0 Å². The second kappa shape index (κ2) is 8.69. The Kier molecular flexibility index (Phi) is 5.66. The second-order valence-electron chi connectivity index (χ2n) is 7.15. The molecule has 0 aliphatic heterocycles. The highest BCUT2D eigenvalue weighted by atomic mass is 16.3. The van der Waals surface area contributed by atoms with Gasteiger partial charge in [0.25, 0.3) is 5.91 Å². The fourth-order valence-electron chi connectivity index (χ4n) is 3.44. The number of benzene rings is 2. The van der Waals surface area contributed by atoms with Crippen LogP contribution in [0.15, 0.2) is 83.7 Å². The Morgan fingerprint density at radius 3 is 2.55 bits per heavy atom. The third-order valence-electron chi connectivity index (χ3n) is 5.11. The van der Waals surface area contributed by atoms with Crippen LogP contribution in [-0.2, 0) is 13.0 Å². The topological polar surface area (TPSA) is 59.2 Å². The Morgan fingerprint density at radius 2 is 1.79 bits per heavy atom. The summed E-state index contributed by atoms with van der Waals surface area (Å²) in [6, 6.07) is 19.6. The van der Waals surface area contributed by atoms with Gasteiger partial charge in [0.05, 0.1) is 23.8 Å². The van der Waals surface area contributed by atoms with Crippen molar-refractivity contribution in [2.24, 2.45) is 0 Å². The molecule has 0 saturated carbocycles. The van der Waals surface area contributed by atoms with E-state index in [-0.39, 0.29) is 11.9 Å². The van der Waals surface area contributed by atoms with E-state index in [9.17, 15) is 4.79 Å². The molecule has 0 aliphatic rings. The lowest BCUT2D eigenvalue weighted by Gasteiger charge is -2.29. The first-order valence-electron chi connectivity index (χ1n) is 9.79. The van der Waals surface area contributed by atoms with Gasteiger partial charge in [-0.1, -0.05) is 30.3 Å². The maximum Gasteiger partial charge on any atom is 0.254 e. The first-order chi connectivity index (χ1) is 14.2. The molecule has 0 spiro atoms. The summed E-state index contributed by atoms with van der Waals surface area (Å²) in [7, 11) is 0. The maximum absolute atomic E-state index is 13.4. The number of hydrogen-bond donors (Lipinski definition) is 0. The van der Waals surface area contributed by atoms with Crippen molar-refractivity contribution in [3.05, 3.63) is 96.2 Å². The summed E-state index contributed by atoms with van der Waals surface area (Å²) >= 11 is 0. The van der Waals surface area contributed by atoms with Crippen molar-refractivity contribution >= 4 is 16.9 Å². The van der Waals surface area contributed by atoms with E-state index in [1.807, 2.05) is 53.4 Å². The van der Waals surface area contributed by atoms with Crippen molar-refractivity contribution in [1.29, 1.82) is 0 Å². The Morgan fingerprint density at radius 1 is 1.00 bits per heavy atom. The van der Waals surface area contributed by atoms with E-state index in [0.717, 1.165) is 24.1 Å². The minimum atomic E-state index is -0.0329. The summed E-state index contributed by atoms with van der Waals surface area (Å²) in [5.74, 6) is 0.736. The third kappa shape index (κ3) is 4.51. The standard InChI is InChI=1S/C24H23N3O2/c1-18(9-10-19-6-3-2-4-7-19)27(17-21-8-5-15-29-21)24(28)20-11-12-22-23(16-20)26-14-13-25-22/h2-8,11-16,18H,9-10,17H2,1H3/t18-/m0/s1. The van der Waals surface area contributed by atoms with Gasteiger partial charge in [-0.3, -0.25) is 14.8 Å². The number of hydrogen-bond acceptors (Lipinski definition) is 4. The number of carbonyl (C=O) groups excluding carboxylic acids is 1. The lowest BCUT2D eigenvalue weighted by Crippen LogP contribution is -2.38. The molecule has 4 aromatic rings. The molecule has 29 heavy (non-hydrogen) atoms. The molecular weight excluding hydrogens is 362 g/mol. The summed E-state index contributed by atoms with van der Waals surface area (Å²) in [5, 5.41) is 0. The summed E-state index contributed by atoms with van der Waals surface area (Å²) in [5.41, 5.74) is 3.37. The number of fused-ring (bicyclic) bond motifs is 1. The van der Waals surface area contributed by atoms with Gasteiger partial charge in [0.15, 0.2) is 0 Å². The van der Waals surface area contributed by atoms with Gasteiger partial charge in [-0.15, -0.1) is 0 Å². The highest BCUT2D eigenvalue weighted by molar-refractivity contribution is 5.97. The van der Waals surface area contributed by atoms with E-state index in [1.54, 1.807) is 18.7 Å². The molecule has 0 radical (unpaired) electrons. The van der Waals surface area contributed by atoms with Crippen LogP contribution in [-0.4, -0.2) is 26.8 Å². The van der Waals surface area contributed by atoms with E-state index in [0.29, 0.717) is 17.6 Å². The fraction of sp³-hybridized carbons (Fsp3) is 0.208. The average molecular weight is 385 g/mol. The summed E-state index contributed by atoms with van der Waals surface area (Å²) < 4.78 is 5.52. The first kappa shape index (κ1) is 18.9. The summed E-state index contributed by atoms with van der Waals surface area (Å²) in [4.78, 5) is 23.9. The smallest absolute Gasteiger partial charge is 0.254 e. The highest BCUT2D eigenvalue weighted by Crippen LogP contribution is 2.19. The minimum Gasteiger partial charge on any atom is -0.467 e. The van der Waals surface area contributed by atoms with Crippen molar-refractivity contribution in [2.75, 3.05) is 0 Å². The number of rotatable bonds is 7. The van der Waals surface area contributed by atoms with Gasteiger partial charge in [-0.25, -0.2) is 0 Å². The van der Waals surface area contributed by atoms with Crippen molar-refractivity contribution in [1.82, 2.24) is 14.9 Å². The quantitative estimate of drug-likeness (QED) is 0.455. The van der Waals surface area contributed by atoms with Crippen LogP contribution in [0.1, 0.15) is 35.0 Å². The first-order valence-corrected chi connectivity index (χ1v) is 9.79. The van der Waals surface area contributed by atoms with Crippen LogP contribution in [0, 0.1) is 0 Å². The zero-order valence-corrected chi connectivity index (χ0v) is 16.4. The molecule has 2 aromatic carbocycles. The zero-order valence-electron chi connectivity index (χ0n) is 16.4. The Hall–Kier alpha value is -3.47. The van der Waals surface area contributed by atoms with E-state index < -0.39 is 0 Å². The van der Waals surface area contributed by atoms with E-state index in [2.05, 4.69) is 29.0 Å². The van der Waals surface area contributed by atoms with Gasteiger partial charge < -0.3 is 9.32 Å². The number of carbonyl (C=O) groups is 1. The second-order valence-corrected chi connectivity index (χ2v) is 7.15. The van der Waals surface area contributed by atoms with Gasteiger partial charge in [-0.2, -0.15) is 0 Å². The Bertz CT molecular complexity index is 1080. The van der Waals surface area contributed by atoms with Crippen LogP contribution in [0.3, 0.4) is 0 Å². The normalized spacial score (nSPS) is 12.0. The molecule has 4 rings (SSSR count). The molecule has 1 amide bonds. The monoisotopic (exact) mass is 385 g/mol. The summed E-state index contributed by atoms with van der Waals surface area (Å²) in [6.07, 6.45) is 6.70. The zero-order chi connectivity index (χ0) is 20.1. The minimum absolute atomic E-state index is 0.0329. The highest BCUT2D eigenvalue weighted by Gasteiger charge is 2.23. The summed E-state index contributed by atoms with van der Waals surface area (Å²) in [6.45, 7) is 2.52. The van der Waals surface area contributed by atoms with E-state index >= 15 is 0 Å². The average Bonchev–Trinajstić information content (AvgIpc) is 3.29. The lowest BCUT2D eigenvalue weighted by atomic mass is 10.0. The maximum atomic E-state index is 13.4.